The van der Waals surface area contributed by atoms with Gasteiger partial charge in [-0.2, -0.15) is 5.26 Å². The minimum atomic E-state index is -0.403. The van der Waals surface area contributed by atoms with Gasteiger partial charge in [-0.25, -0.2) is 0 Å². The quantitative estimate of drug-likeness (QED) is 0.792. The minimum absolute atomic E-state index is 0.403. The molecule has 0 aromatic heterocycles. The maximum absolute atomic E-state index is 9.26. The van der Waals surface area contributed by atoms with Crippen molar-refractivity contribution in [3.05, 3.63) is 0 Å². The highest BCUT2D eigenvalue weighted by Crippen LogP contribution is 2.22. The first kappa shape index (κ1) is 13.5. The molecule has 0 aromatic rings. The van der Waals surface area contributed by atoms with Crippen molar-refractivity contribution in [1.82, 2.24) is 10.2 Å². The molecule has 1 saturated heterocycles. The molecule has 1 N–H and O–H groups in total. The van der Waals surface area contributed by atoms with Crippen LogP contribution >= 0.6 is 0 Å². The molecule has 16 heavy (non-hydrogen) atoms. The predicted octanol–water partition coefficient (Wildman–Crippen LogP) is 2.00. The fraction of sp³-hybridized carbons (Fsp3) is 0.923. The Morgan fingerprint density at radius 1 is 1.44 bits per heavy atom. The van der Waals surface area contributed by atoms with E-state index in [1.165, 1.54) is 12.8 Å². The zero-order valence-corrected chi connectivity index (χ0v) is 11.1. The predicted molar refractivity (Wildman–Crippen MR) is 67.1 cm³/mol. The Labute approximate surface area is 99.8 Å². The van der Waals surface area contributed by atoms with E-state index in [4.69, 9.17) is 0 Å². The molecule has 3 nitrogen and oxygen atoms in total. The number of nitrogens with one attached hydrogen (secondary N) is 1. The van der Waals surface area contributed by atoms with Crippen molar-refractivity contribution in [3.8, 4) is 6.07 Å². The Balaban J connectivity index is 2.60. The van der Waals surface area contributed by atoms with Crippen molar-refractivity contribution in [2.75, 3.05) is 19.6 Å². The third-order valence-electron chi connectivity index (χ3n) is 3.58. The average molecular weight is 223 g/mol. The first-order chi connectivity index (χ1) is 7.50. The number of likely N-dealkylation sites (tertiary alicyclic amines) is 1. The number of rotatable bonds is 4. The zero-order valence-electron chi connectivity index (χ0n) is 11.1. The molecule has 3 unspecified atom stereocenters. The summed E-state index contributed by atoms with van der Waals surface area (Å²) in [5, 5.41) is 12.5. The molecule has 92 valence electrons. The fourth-order valence-electron chi connectivity index (χ4n) is 2.53. The molecular formula is C13H25N3. The van der Waals surface area contributed by atoms with E-state index in [-0.39, 0.29) is 0 Å². The van der Waals surface area contributed by atoms with Crippen LogP contribution in [0, 0.1) is 17.2 Å². The Kier molecular flexibility index (Phi) is 4.76. The second-order valence-electron chi connectivity index (χ2n) is 5.44. The molecule has 1 fully saturated rings. The second kappa shape index (κ2) is 5.65. The molecule has 0 spiro atoms. The maximum atomic E-state index is 9.26. The van der Waals surface area contributed by atoms with Crippen LogP contribution in [-0.4, -0.2) is 36.1 Å². The average Bonchev–Trinajstić information content (AvgIpc) is 2.24. The third kappa shape index (κ3) is 3.47. The molecule has 0 bridgehead atoms. The van der Waals surface area contributed by atoms with E-state index in [1.54, 1.807) is 0 Å². The molecule has 3 heteroatoms. The van der Waals surface area contributed by atoms with Crippen LogP contribution in [0.2, 0.25) is 0 Å². The van der Waals surface area contributed by atoms with Crippen molar-refractivity contribution < 1.29 is 0 Å². The lowest BCUT2D eigenvalue weighted by atomic mass is 9.92. The van der Waals surface area contributed by atoms with Gasteiger partial charge in [0.15, 0.2) is 0 Å². The SMILES string of the molecule is CCNC(C)(C#N)CN1CC(C)CCC1C. The van der Waals surface area contributed by atoms with Gasteiger partial charge < -0.3 is 0 Å². The van der Waals surface area contributed by atoms with E-state index in [1.807, 2.05) is 6.92 Å². The van der Waals surface area contributed by atoms with Crippen LogP contribution in [0.1, 0.15) is 40.5 Å². The molecule has 3 atom stereocenters. The number of piperidine rings is 1. The van der Waals surface area contributed by atoms with Crippen molar-refractivity contribution in [2.45, 2.75) is 52.1 Å². The van der Waals surface area contributed by atoms with Gasteiger partial charge in [-0.05, 0) is 39.2 Å². The van der Waals surface area contributed by atoms with Crippen molar-refractivity contribution in [1.29, 1.82) is 5.26 Å². The van der Waals surface area contributed by atoms with Crippen molar-refractivity contribution in [3.63, 3.8) is 0 Å². The van der Waals surface area contributed by atoms with Gasteiger partial charge in [0.25, 0.3) is 0 Å². The van der Waals surface area contributed by atoms with E-state index >= 15 is 0 Å². The molecule has 1 rings (SSSR count). The lowest BCUT2D eigenvalue weighted by Gasteiger charge is -2.40. The van der Waals surface area contributed by atoms with Gasteiger partial charge in [0.2, 0.25) is 0 Å². The van der Waals surface area contributed by atoms with Gasteiger partial charge in [0.1, 0.15) is 5.54 Å². The minimum Gasteiger partial charge on any atom is -0.299 e. The van der Waals surface area contributed by atoms with E-state index in [0.717, 1.165) is 25.6 Å². The van der Waals surface area contributed by atoms with Gasteiger partial charge in [-0.1, -0.05) is 13.8 Å². The fourth-order valence-corrected chi connectivity index (χ4v) is 2.53. The van der Waals surface area contributed by atoms with Gasteiger partial charge >= 0.3 is 0 Å². The number of hydrogen-bond acceptors (Lipinski definition) is 3. The second-order valence-corrected chi connectivity index (χ2v) is 5.44. The molecule has 0 aromatic carbocycles. The topological polar surface area (TPSA) is 39.1 Å². The summed E-state index contributed by atoms with van der Waals surface area (Å²) in [6.45, 7) is 11.4. The highest BCUT2D eigenvalue weighted by atomic mass is 15.2. The summed E-state index contributed by atoms with van der Waals surface area (Å²) in [6, 6.07) is 3.02. The first-order valence-electron chi connectivity index (χ1n) is 6.41. The largest absolute Gasteiger partial charge is 0.299 e. The Morgan fingerprint density at radius 2 is 2.12 bits per heavy atom. The molecule has 0 aliphatic carbocycles. The Hall–Kier alpha value is -0.590. The van der Waals surface area contributed by atoms with E-state index in [9.17, 15) is 5.26 Å². The summed E-state index contributed by atoms with van der Waals surface area (Å²) in [5.74, 6) is 0.765. The van der Waals surface area contributed by atoms with E-state index < -0.39 is 5.54 Å². The van der Waals surface area contributed by atoms with Crippen molar-refractivity contribution in [2.24, 2.45) is 5.92 Å². The van der Waals surface area contributed by atoms with Crippen LogP contribution in [0.4, 0.5) is 0 Å². The molecule has 1 aliphatic rings. The first-order valence-corrected chi connectivity index (χ1v) is 6.41. The summed E-state index contributed by atoms with van der Waals surface area (Å²) < 4.78 is 0. The van der Waals surface area contributed by atoms with E-state index in [0.29, 0.717) is 6.04 Å². The molecule has 0 radical (unpaired) electrons. The highest BCUT2D eigenvalue weighted by Gasteiger charge is 2.31. The number of likely N-dealkylation sites (N-methyl/N-ethyl adjacent to an activating group) is 1. The summed E-state index contributed by atoms with van der Waals surface area (Å²) in [5.41, 5.74) is -0.403. The van der Waals surface area contributed by atoms with Gasteiger partial charge in [0.05, 0.1) is 6.07 Å². The van der Waals surface area contributed by atoms with Crippen LogP contribution in [-0.2, 0) is 0 Å². The highest BCUT2D eigenvalue weighted by molar-refractivity contribution is 5.06. The van der Waals surface area contributed by atoms with Gasteiger partial charge in [-0.3, -0.25) is 10.2 Å². The zero-order chi connectivity index (χ0) is 12.2. The van der Waals surface area contributed by atoms with Gasteiger partial charge in [-0.15, -0.1) is 0 Å². The number of hydrogen-bond donors (Lipinski definition) is 1. The number of nitrogens with zero attached hydrogens (tertiary/aromatic N) is 2. The number of nitriles is 1. The molecule has 0 saturated carbocycles. The smallest absolute Gasteiger partial charge is 0.116 e. The molecular weight excluding hydrogens is 198 g/mol. The standard InChI is InChI=1S/C13H25N3/c1-5-15-13(4,9-14)10-16-8-11(2)6-7-12(16)3/h11-12,15H,5-8,10H2,1-4H3. The van der Waals surface area contributed by atoms with E-state index in [2.05, 4.69) is 37.1 Å². The summed E-state index contributed by atoms with van der Waals surface area (Å²) in [6.07, 6.45) is 2.58. The summed E-state index contributed by atoms with van der Waals surface area (Å²) in [7, 11) is 0. The lowest BCUT2D eigenvalue weighted by Crippen LogP contribution is -2.54. The lowest BCUT2D eigenvalue weighted by molar-refractivity contribution is 0.103. The Morgan fingerprint density at radius 3 is 2.69 bits per heavy atom. The van der Waals surface area contributed by atoms with Crippen LogP contribution in [0.5, 0.6) is 0 Å². The van der Waals surface area contributed by atoms with Crippen LogP contribution in [0.3, 0.4) is 0 Å². The third-order valence-corrected chi connectivity index (χ3v) is 3.58. The molecule has 0 amide bonds. The van der Waals surface area contributed by atoms with Crippen molar-refractivity contribution >= 4 is 0 Å². The summed E-state index contributed by atoms with van der Waals surface area (Å²) in [4.78, 5) is 2.46. The maximum Gasteiger partial charge on any atom is 0.116 e. The monoisotopic (exact) mass is 223 g/mol. The van der Waals surface area contributed by atoms with Crippen LogP contribution < -0.4 is 5.32 Å². The van der Waals surface area contributed by atoms with Crippen LogP contribution in [0.25, 0.3) is 0 Å². The molecule has 1 aliphatic heterocycles. The Bertz CT molecular complexity index is 258. The normalized spacial score (nSPS) is 30.7. The molecule has 1 heterocycles. The van der Waals surface area contributed by atoms with Gasteiger partial charge in [0, 0.05) is 19.1 Å². The van der Waals surface area contributed by atoms with Crippen LogP contribution in [0.15, 0.2) is 0 Å². The summed E-state index contributed by atoms with van der Waals surface area (Å²) >= 11 is 0.